The number of carbonyl (C=O) groups is 1. The van der Waals surface area contributed by atoms with Crippen LogP contribution >= 0.6 is 0 Å². The third-order valence-electron chi connectivity index (χ3n) is 3.04. The number of carboxylic acid groups (broad SMARTS) is 1. The molecule has 6 heteroatoms. The van der Waals surface area contributed by atoms with E-state index in [1.807, 2.05) is 25.8 Å². The Morgan fingerprint density at radius 3 is 2.35 bits per heavy atom. The summed E-state index contributed by atoms with van der Waals surface area (Å²) in [7, 11) is 1.87. The monoisotopic (exact) mass is 272 g/mol. The molecule has 0 saturated heterocycles. The third kappa shape index (κ3) is 3.09. The van der Waals surface area contributed by atoms with Crippen molar-refractivity contribution in [3.05, 3.63) is 46.8 Å². The molecule has 0 amide bonds. The molecule has 20 heavy (non-hydrogen) atoms. The Morgan fingerprint density at radius 2 is 1.80 bits per heavy atom. The fourth-order valence-electron chi connectivity index (χ4n) is 1.70. The molecule has 6 nitrogen and oxygen atoms in total. The first-order valence-electron chi connectivity index (χ1n) is 6.18. The van der Waals surface area contributed by atoms with Crippen LogP contribution in [-0.2, 0) is 6.54 Å². The SMILES string of the molecule is Cc1nnc(N(C)Cc2ccc(C(=O)O)cc2)nc1C. The molecular weight excluding hydrogens is 256 g/mol. The molecule has 0 radical (unpaired) electrons. The Bertz CT molecular complexity index is 626. The van der Waals surface area contributed by atoms with Crippen LogP contribution in [0.2, 0.25) is 0 Å². The first-order chi connectivity index (χ1) is 9.47. The molecule has 0 atom stereocenters. The standard InChI is InChI=1S/C14H16N4O2/c1-9-10(2)16-17-14(15-9)18(3)8-11-4-6-12(7-5-11)13(19)20/h4-7H,8H2,1-3H3,(H,19,20). The highest BCUT2D eigenvalue weighted by Gasteiger charge is 2.08. The first-order valence-corrected chi connectivity index (χ1v) is 6.18. The number of nitrogens with zero attached hydrogens (tertiary/aromatic N) is 4. The molecule has 0 saturated carbocycles. The molecule has 0 unspecified atom stereocenters. The van der Waals surface area contributed by atoms with Gasteiger partial charge in [-0.05, 0) is 31.5 Å². The van der Waals surface area contributed by atoms with Gasteiger partial charge in [0, 0.05) is 13.6 Å². The van der Waals surface area contributed by atoms with Crippen LogP contribution in [-0.4, -0.2) is 33.3 Å². The number of anilines is 1. The van der Waals surface area contributed by atoms with Crippen molar-refractivity contribution in [1.29, 1.82) is 0 Å². The van der Waals surface area contributed by atoms with Crippen LogP contribution < -0.4 is 4.90 Å². The lowest BCUT2D eigenvalue weighted by Gasteiger charge is -2.17. The minimum Gasteiger partial charge on any atom is -0.478 e. The van der Waals surface area contributed by atoms with E-state index in [4.69, 9.17) is 5.11 Å². The summed E-state index contributed by atoms with van der Waals surface area (Å²) < 4.78 is 0. The zero-order valence-corrected chi connectivity index (χ0v) is 11.7. The van der Waals surface area contributed by atoms with Crippen molar-refractivity contribution in [3.8, 4) is 0 Å². The smallest absolute Gasteiger partial charge is 0.335 e. The van der Waals surface area contributed by atoms with Crippen LogP contribution in [0.1, 0.15) is 27.3 Å². The molecule has 1 aromatic heterocycles. The minimum absolute atomic E-state index is 0.278. The van der Waals surface area contributed by atoms with Gasteiger partial charge in [0.1, 0.15) is 0 Å². The van der Waals surface area contributed by atoms with E-state index in [0.717, 1.165) is 17.0 Å². The fraction of sp³-hybridized carbons (Fsp3) is 0.286. The van der Waals surface area contributed by atoms with E-state index in [0.29, 0.717) is 12.5 Å². The summed E-state index contributed by atoms with van der Waals surface area (Å²) in [4.78, 5) is 17.0. The third-order valence-corrected chi connectivity index (χ3v) is 3.04. The second-order valence-electron chi connectivity index (χ2n) is 4.64. The number of aryl methyl sites for hydroxylation is 2. The van der Waals surface area contributed by atoms with Gasteiger partial charge in [-0.15, -0.1) is 5.10 Å². The molecule has 0 aliphatic rings. The zero-order valence-electron chi connectivity index (χ0n) is 11.7. The molecule has 0 fully saturated rings. The van der Waals surface area contributed by atoms with Gasteiger partial charge in [-0.1, -0.05) is 12.1 Å². The van der Waals surface area contributed by atoms with Gasteiger partial charge < -0.3 is 10.0 Å². The van der Waals surface area contributed by atoms with Crippen molar-refractivity contribution >= 4 is 11.9 Å². The van der Waals surface area contributed by atoms with Crippen LogP contribution in [0.15, 0.2) is 24.3 Å². The number of aromatic nitrogens is 3. The maximum Gasteiger partial charge on any atom is 0.335 e. The largest absolute Gasteiger partial charge is 0.478 e. The van der Waals surface area contributed by atoms with E-state index < -0.39 is 5.97 Å². The van der Waals surface area contributed by atoms with Crippen molar-refractivity contribution < 1.29 is 9.90 Å². The predicted octanol–water partition coefficient (Wildman–Crippen LogP) is 1.82. The molecule has 104 valence electrons. The van der Waals surface area contributed by atoms with Crippen molar-refractivity contribution in [2.75, 3.05) is 11.9 Å². The zero-order chi connectivity index (χ0) is 14.7. The average Bonchev–Trinajstić information content (AvgIpc) is 2.42. The molecule has 0 bridgehead atoms. The summed E-state index contributed by atoms with van der Waals surface area (Å²) >= 11 is 0. The second-order valence-corrected chi connectivity index (χ2v) is 4.64. The highest BCUT2D eigenvalue weighted by Crippen LogP contribution is 2.12. The molecule has 0 aliphatic carbocycles. The van der Waals surface area contributed by atoms with Gasteiger partial charge in [0.15, 0.2) is 0 Å². The van der Waals surface area contributed by atoms with Crippen molar-refractivity contribution in [1.82, 2.24) is 15.2 Å². The lowest BCUT2D eigenvalue weighted by molar-refractivity contribution is 0.0697. The van der Waals surface area contributed by atoms with Gasteiger partial charge in [0.25, 0.3) is 0 Å². The van der Waals surface area contributed by atoms with Gasteiger partial charge in [-0.25, -0.2) is 9.78 Å². The molecular formula is C14H16N4O2. The van der Waals surface area contributed by atoms with E-state index in [1.165, 1.54) is 0 Å². The summed E-state index contributed by atoms with van der Waals surface area (Å²) in [5, 5.41) is 17.0. The molecule has 0 spiro atoms. The van der Waals surface area contributed by atoms with Crippen LogP contribution in [0.3, 0.4) is 0 Å². The van der Waals surface area contributed by atoms with Gasteiger partial charge in [0.2, 0.25) is 5.95 Å². The van der Waals surface area contributed by atoms with Crippen molar-refractivity contribution in [2.45, 2.75) is 20.4 Å². The molecule has 1 N–H and O–H groups in total. The van der Waals surface area contributed by atoms with E-state index in [-0.39, 0.29) is 5.56 Å². The van der Waals surface area contributed by atoms with Gasteiger partial charge >= 0.3 is 5.97 Å². The predicted molar refractivity (Wildman–Crippen MR) is 74.8 cm³/mol. The topological polar surface area (TPSA) is 79.2 Å². The van der Waals surface area contributed by atoms with E-state index in [1.54, 1.807) is 24.3 Å². The Hall–Kier alpha value is -2.50. The first kappa shape index (κ1) is 13.9. The van der Waals surface area contributed by atoms with Crippen LogP contribution in [0.25, 0.3) is 0 Å². The van der Waals surface area contributed by atoms with Crippen LogP contribution in [0.4, 0.5) is 5.95 Å². The number of benzene rings is 1. The highest BCUT2D eigenvalue weighted by atomic mass is 16.4. The Kier molecular flexibility index (Phi) is 3.93. The van der Waals surface area contributed by atoms with E-state index in [2.05, 4.69) is 15.2 Å². The maximum atomic E-state index is 10.8. The van der Waals surface area contributed by atoms with Gasteiger partial charge in [-0.3, -0.25) is 0 Å². The number of carboxylic acids is 1. The average molecular weight is 272 g/mol. The number of rotatable bonds is 4. The summed E-state index contributed by atoms with van der Waals surface area (Å²) in [6, 6.07) is 6.75. The molecule has 1 aromatic carbocycles. The van der Waals surface area contributed by atoms with E-state index in [9.17, 15) is 4.79 Å². The van der Waals surface area contributed by atoms with Crippen LogP contribution in [0.5, 0.6) is 0 Å². The highest BCUT2D eigenvalue weighted by molar-refractivity contribution is 5.87. The lowest BCUT2D eigenvalue weighted by Crippen LogP contribution is -2.20. The maximum absolute atomic E-state index is 10.8. The molecule has 2 rings (SSSR count). The Morgan fingerprint density at radius 1 is 1.15 bits per heavy atom. The second kappa shape index (κ2) is 5.64. The van der Waals surface area contributed by atoms with Gasteiger partial charge in [-0.2, -0.15) is 5.10 Å². The lowest BCUT2D eigenvalue weighted by atomic mass is 10.1. The summed E-state index contributed by atoms with van der Waals surface area (Å²) in [6.07, 6.45) is 0. The quantitative estimate of drug-likeness (QED) is 0.914. The number of hydrogen-bond acceptors (Lipinski definition) is 5. The molecule has 1 heterocycles. The van der Waals surface area contributed by atoms with E-state index >= 15 is 0 Å². The Balaban J connectivity index is 2.12. The van der Waals surface area contributed by atoms with Crippen molar-refractivity contribution in [2.24, 2.45) is 0 Å². The minimum atomic E-state index is -0.924. The summed E-state index contributed by atoms with van der Waals surface area (Å²) in [5.41, 5.74) is 2.93. The molecule has 0 aliphatic heterocycles. The fourth-order valence-corrected chi connectivity index (χ4v) is 1.70. The number of aromatic carboxylic acids is 1. The number of hydrogen-bond donors (Lipinski definition) is 1. The van der Waals surface area contributed by atoms with Crippen molar-refractivity contribution in [3.63, 3.8) is 0 Å². The van der Waals surface area contributed by atoms with Gasteiger partial charge in [0.05, 0.1) is 17.0 Å². The van der Waals surface area contributed by atoms with Crippen LogP contribution in [0, 0.1) is 13.8 Å². The normalized spacial score (nSPS) is 10.3. The molecule has 2 aromatic rings. The summed E-state index contributed by atoms with van der Waals surface area (Å²) in [5.74, 6) is -0.373. The summed E-state index contributed by atoms with van der Waals surface area (Å²) in [6.45, 7) is 4.34. The Labute approximate surface area is 117 Å².